The molecule has 1 aromatic heterocycles. The number of nitrogens with zero attached hydrogens (tertiary/aromatic N) is 4. The van der Waals surface area contributed by atoms with Crippen LogP contribution < -0.4 is 14.8 Å². The van der Waals surface area contributed by atoms with Crippen molar-refractivity contribution in [3.63, 3.8) is 0 Å². The second-order valence-corrected chi connectivity index (χ2v) is 10.00. The highest BCUT2D eigenvalue weighted by atomic mass is 32.2. The number of sulfonamides is 1. The molecule has 1 amide bonds. The van der Waals surface area contributed by atoms with Crippen LogP contribution in [0.1, 0.15) is 6.92 Å². The summed E-state index contributed by atoms with van der Waals surface area (Å²) < 4.78 is 46.6. The van der Waals surface area contributed by atoms with Gasteiger partial charge in [-0.25, -0.2) is 8.42 Å². The van der Waals surface area contributed by atoms with E-state index in [9.17, 15) is 13.2 Å². The Morgan fingerprint density at radius 2 is 1.79 bits per heavy atom. The molecule has 12 heteroatoms. The third kappa shape index (κ3) is 4.64. The number of hydrogen-bond acceptors (Lipinski definition) is 9. The Morgan fingerprint density at radius 1 is 1.06 bits per heavy atom. The van der Waals surface area contributed by atoms with E-state index in [0.29, 0.717) is 41.3 Å². The lowest BCUT2D eigenvalue weighted by Crippen LogP contribution is -2.53. The molecular formula is C21H25N5O5S2. The standard InChI is InChI=1S/C21H25N5O5S2/c1-14(21(27)22-15-7-8-17(30-2)18(13-15)31-3)25-9-11-26(12-10-25)33(28,29)19-6-4-5-16-20(19)24-32-23-16/h4-8,13-14H,9-12H2,1-3H3,(H,22,27). The van der Waals surface area contributed by atoms with Crippen LogP contribution in [0.3, 0.4) is 0 Å². The van der Waals surface area contributed by atoms with Crippen molar-refractivity contribution < 1.29 is 22.7 Å². The molecular weight excluding hydrogens is 466 g/mol. The van der Waals surface area contributed by atoms with E-state index in [1.807, 2.05) is 11.8 Å². The van der Waals surface area contributed by atoms with Crippen LogP contribution in [-0.2, 0) is 14.8 Å². The molecule has 1 aliphatic heterocycles. The molecule has 1 saturated heterocycles. The van der Waals surface area contributed by atoms with E-state index in [0.717, 1.165) is 11.7 Å². The lowest BCUT2D eigenvalue weighted by atomic mass is 10.2. The molecule has 2 heterocycles. The summed E-state index contributed by atoms with van der Waals surface area (Å²) >= 11 is 0.992. The van der Waals surface area contributed by atoms with Gasteiger partial charge in [0, 0.05) is 37.9 Å². The number of nitrogens with one attached hydrogen (secondary N) is 1. The van der Waals surface area contributed by atoms with Crippen LogP contribution in [-0.4, -0.2) is 78.7 Å². The zero-order valence-corrected chi connectivity index (χ0v) is 20.1. The van der Waals surface area contributed by atoms with Gasteiger partial charge in [0.25, 0.3) is 0 Å². The molecule has 0 radical (unpaired) electrons. The maximum absolute atomic E-state index is 13.2. The van der Waals surface area contributed by atoms with Crippen molar-refractivity contribution >= 4 is 44.4 Å². The molecule has 0 aliphatic carbocycles. The van der Waals surface area contributed by atoms with E-state index >= 15 is 0 Å². The van der Waals surface area contributed by atoms with Gasteiger partial charge in [-0.1, -0.05) is 6.07 Å². The number of hydrogen-bond donors (Lipinski definition) is 1. The molecule has 0 bridgehead atoms. The number of fused-ring (bicyclic) bond motifs is 1. The van der Waals surface area contributed by atoms with Crippen LogP contribution in [0, 0.1) is 0 Å². The third-order valence-corrected chi connectivity index (χ3v) is 8.19. The van der Waals surface area contributed by atoms with Crippen molar-refractivity contribution in [3.8, 4) is 11.5 Å². The summed E-state index contributed by atoms with van der Waals surface area (Å²) in [6, 6.07) is 9.70. The summed E-state index contributed by atoms with van der Waals surface area (Å²) in [6.45, 7) is 3.24. The van der Waals surface area contributed by atoms with Gasteiger partial charge in [0.1, 0.15) is 15.9 Å². The number of carbonyl (C=O) groups is 1. The van der Waals surface area contributed by atoms with E-state index in [1.54, 1.807) is 43.5 Å². The Balaban J connectivity index is 1.40. The Kier molecular flexibility index (Phi) is 6.79. The first-order valence-electron chi connectivity index (χ1n) is 10.3. The van der Waals surface area contributed by atoms with Crippen molar-refractivity contribution in [3.05, 3.63) is 36.4 Å². The molecule has 4 rings (SSSR count). The van der Waals surface area contributed by atoms with Crippen LogP contribution in [0.15, 0.2) is 41.3 Å². The number of benzene rings is 2. The van der Waals surface area contributed by atoms with Crippen LogP contribution in [0.5, 0.6) is 11.5 Å². The fourth-order valence-electron chi connectivity index (χ4n) is 3.79. The van der Waals surface area contributed by atoms with Gasteiger partial charge in [0.15, 0.2) is 11.5 Å². The molecule has 176 valence electrons. The minimum atomic E-state index is -3.71. The first-order chi connectivity index (χ1) is 15.8. The van der Waals surface area contributed by atoms with E-state index in [2.05, 4.69) is 14.1 Å². The number of rotatable bonds is 7. The lowest BCUT2D eigenvalue weighted by Gasteiger charge is -2.36. The minimum absolute atomic E-state index is 0.168. The molecule has 2 aromatic carbocycles. The lowest BCUT2D eigenvalue weighted by molar-refractivity contribution is -0.121. The van der Waals surface area contributed by atoms with Gasteiger partial charge < -0.3 is 14.8 Å². The SMILES string of the molecule is COc1ccc(NC(=O)C(C)N2CCN(S(=O)(=O)c3cccc4nsnc34)CC2)cc1OC. The molecule has 1 N–H and O–H groups in total. The van der Waals surface area contributed by atoms with Gasteiger partial charge in [-0.2, -0.15) is 13.1 Å². The van der Waals surface area contributed by atoms with Gasteiger partial charge in [-0.3, -0.25) is 9.69 Å². The fourth-order valence-corrected chi connectivity index (χ4v) is 5.96. The summed E-state index contributed by atoms with van der Waals surface area (Å²) in [4.78, 5) is 14.9. The molecule has 0 spiro atoms. The Bertz CT molecular complexity index is 1250. The van der Waals surface area contributed by atoms with Gasteiger partial charge in [0.2, 0.25) is 15.9 Å². The predicted molar refractivity (Wildman–Crippen MR) is 125 cm³/mol. The molecule has 1 aliphatic rings. The molecule has 1 unspecified atom stereocenters. The Hall–Kier alpha value is -2.80. The first kappa shape index (κ1) is 23.4. The predicted octanol–water partition coefficient (Wildman–Crippen LogP) is 2.04. The maximum atomic E-state index is 13.2. The monoisotopic (exact) mass is 491 g/mol. The number of aromatic nitrogens is 2. The second kappa shape index (κ2) is 9.59. The highest BCUT2D eigenvalue weighted by molar-refractivity contribution is 7.89. The largest absolute Gasteiger partial charge is 0.493 e. The number of anilines is 1. The van der Waals surface area contributed by atoms with Crippen LogP contribution >= 0.6 is 11.7 Å². The highest BCUT2D eigenvalue weighted by Gasteiger charge is 2.33. The average molecular weight is 492 g/mol. The first-order valence-corrected chi connectivity index (χ1v) is 12.5. The number of ether oxygens (including phenoxy) is 2. The molecule has 1 atom stereocenters. The summed E-state index contributed by atoms with van der Waals surface area (Å²) in [5.74, 6) is 0.911. The van der Waals surface area contributed by atoms with Crippen molar-refractivity contribution in [2.75, 3.05) is 45.7 Å². The van der Waals surface area contributed by atoms with Crippen LogP contribution in [0.25, 0.3) is 11.0 Å². The van der Waals surface area contributed by atoms with Crippen molar-refractivity contribution in [2.45, 2.75) is 17.9 Å². The van der Waals surface area contributed by atoms with Crippen molar-refractivity contribution in [1.82, 2.24) is 18.0 Å². The summed E-state index contributed by atoms with van der Waals surface area (Å²) in [5.41, 5.74) is 1.56. The van der Waals surface area contributed by atoms with Gasteiger partial charge >= 0.3 is 0 Å². The number of carbonyl (C=O) groups excluding carboxylic acids is 1. The van der Waals surface area contributed by atoms with E-state index in [1.165, 1.54) is 11.4 Å². The number of methoxy groups -OCH3 is 2. The smallest absolute Gasteiger partial charge is 0.245 e. The quantitative estimate of drug-likeness (QED) is 0.534. The second-order valence-electron chi connectivity index (χ2n) is 7.56. The summed E-state index contributed by atoms with van der Waals surface area (Å²) in [5, 5.41) is 2.89. The van der Waals surface area contributed by atoms with Gasteiger partial charge in [0.05, 0.1) is 32.0 Å². The average Bonchev–Trinajstić information content (AvgIpc) is 3.32. The van der Waals surface area contributed by atoms with Crippen molar-refractivity contribution in [1.29, 1.82) is 0 Å². The van der Waals surface area contributed by atoms with Crippen LogP contribution in [0.4, 0.5) is 5.69 Å². The normalized spacial score (nSPS) is 16.5. The Labute approximate surface area is 196 Å². The summed E-state index contributed by atoms with van der Waals surface area (Å²) in [7, 11) is -0.626. The molecule has 33 heavy (non-hydrogen) atoms. The minimum Gasteiger partial charge on any atom is -0.493 e. The highest BCUT2D eigenvalue weighted by Crippen LogP contribution is 2.30. The van der Waals surface area contributed by atoms with E-state index in [4.69, 9.17) is 9.47 Å². The summed E-state index contributed by atoms with van der Waals surface area (Å²) in [6.07, 6.45) is 0. The zero-order chi connectivity index (χ0) is 23.6. The maximum Gasteiger partial charge on any atom is 0.245 e. The third-order valence-electron chi connectivity index (χ3n) is 5.72. The van der Waals surface area contributed by atoms with Gasteiger partial charge in [-0.05, 0) is 31.2 Å². The number of piperazine rings is 1. The molecule has 1 fully saturated rings. The molecule has 3 aromatic rings. The van der Waals surface area contributed by atoms with Crippen LogP contribution in [0.2, 0.25) is 0 Å². The Morgan fingerprint density at radius 3 is 2.48 bits per heavy atom. The molecule has 10 nitrogen and oxygen atoms in total. The zero-order valence-electron chi connectivity index (χ0n) is 18.5. The van der Waals surface area contributed by atoms with Crippen molar-refractivity contribution in [2.24, 2.45) is 0 Å². The topological polar surface area (TPSA) is 114 Å². The molecule has 0 saturated carbocycles. The van der Waals surface area contributed by atoms with Gasteiger partial charge in [-0.15, -0.1) is 0 Å². The van der Waals surface area contributed by atoms with E-state index in [-0.39, 0.29) is 23.9 Å². The fraction of sp³-hybridized carbons (Fsp3) is 0.381. The number of amides is 1. The van der Waals surface area contributed by atoms with E-state index < -0.39 is 16.1 Å².